The first-order chi connectivity index (χ1) is 9.73. The highest BCUT2D eigenvalue weighted by molar-refractivity contribution is 5.84. The molecular weight excluding hydrogens is 276 g/mol. The number of hydrogen-bond donors (Lipinski definition) is 3. The number of carbonyl (C=O) groups excluding carboxylic acids is 1. The lowest BCUT2D eigenvalue weighted by Gasteiger charge is -2.27. The number of carboxylic acid groups (broad SMARTS) is 1. The van der Waals surface area contributed by atoms with Crippen LogP contribution in [-0.4, -0.2) is 32.9 Å². The molecule has 1 aliphatic heterocycles. The number of aliphatic carboxylic acids is 1. The van der Waals surface area contributed by atoms with Crippen LogP contribution >= 0.6 is 0 Å². The molecule has 0 unspecified atom stereocenters. The zero-order valence-corrected chi connectivity index (χ0v) is 12.1. The number of hydrogen-bond acceptors (Lipinski definition) is 5. The average Bonchev–Trinajstić information content (AvgIpc) is 2.74. The maximum Gasteiger partial charge on any atom is 0.411 e. The van der Waals surface area contributed by atoms with Crippen molar-refractivity contribution in [2.24, 2.45) is 0 Å². The number of carboxylic acids is 1. The number of amides is 1. The van der Waals surface area contributed by atoms with E-state index < -0.39 is 23.7 Å². The molecule has 3 N–H and O–H groups in total. The molecule has 7 heteroatoms. The number of benzene rings is 1. The third kappa shape index (κ3) is 3.08. The zero-order valence-electron chi connectivity index (χ0n) is 12.1. The van der Waals surface area contributed by atoms with Gasteiger partial charge in [0.15, 0.2) is 6.04 Å². The Hall–Kier alpha value is -2.28. The lowest BCUT2D eigenvalue weighted by Crippen LogP contribution is -2.38. The normalized spacial score (nSPS) is 17.3. The molecule has 114 valence electrons. The molecule has 1 aromatic rings. The molecule has 1 aliphatic rings. The van der Waals surface area contributed by atoms with Crippen molar-refractivity contribution in [1.82, 2.24) is 4.90 Å². The fourth-order valence-electron chi connectivity index (χ4n) is 2.26. The van der Waals surface area contributed by atoms with Gasteiger partial charge in [0, 0.05) is 0 Å². The number of anilines is 1. The first-order valence-electron chi connectivity index (χ1n) is 6.48. The Morgan fingerprint density at radius 3 is 2.57 bits per heavy atom. The van der Waals surface area contributed by atoms with Gasteiger partial charge in [-0.25, -0.2) is 9.59 Å². The Labute approximate surface area is 122 Å². The lowest BCUT2D eigenvalue weighted by molar-refractivity contribution is -0.143. The van der Waals surface area contributed by atoms with Crippen molar-refractivity contribution in [3.63, 3.8) is 0 Å². The van der Waals surface area contributed by atoms with Gasteiger partial charge in [0.2, 0.25) is 0 Å². The van der Waals surface area contributed by atoms with E-state index in [0.29, 0.717) is 16.8 Å². The van der Waals surface area contributed by atoms with E-state index in [0.717, 1.165) is 0 Å². The minimum Gasteiger partial charge on any atom is -0.479 e. The summed E-state index contributed by atoms with van der Waals surface area (Å²) in [5, 5.41) is 18.3. The summed E-state index contributed by atoms with van der Waals surface area (Å²) in [6.45, 7) is 5.32. The van der Waals surface area contributed by atoms with Crippen molar-refractivity contribution in [2.75, 3.05) is 5.48 Å². The first kappa shape index (κ1) is 15.1. The van der Waals surface area contributed by atoms with E-state index in [4.69, 9.17) is 9.94 Å². The summed E-state index contributed by atoms with van der Waals surface area (Å²) in [7, 11) is 0. The third-order valence-electron chi connectivity index (χ3n) is 3.08. The predicted octanol–water partition coefficient (Wildman–Crippen LogP) is 2.36. The van der Waals surface area contributed by atoms with Crippen LogP contribution < -0.4 is 5.48 Å². The molecule has 0 bridgehead atoms. The SMILES string of the molecule is CC(C)(C)OC(=O)N1Cc2ccc(NO)cc2[C@H]1C(=O)O. The van der Waals surface area contributed by atoms with Crippen molar-refractivity contribution in [1.29, 1.82) is 0 Å². The second kappa shape index (κ2) is 5.25. The van der Waals surface area contributed by atoms with Gasteiger partial charge >= 0.3 is 12.1 Å². The van der Waals surface area contributed by atoms with E-state index in [2.05, 4.69) is 0 Å². The molecule has 0 fully saturated rings. The van der Waals surface area contributed by atoms with E-state index in [9.17, 15) is 14.7 Å². The van der Waals surface area contributed by atoms with Gasteiger partial charge in [0.25, 0.3) is 0 Å². The number of rotatable bonds is 2. The van der Waals surface area contributed by atoms with E-state index in [1.54, 1.807) is 32.9 Å². The minimum absolute atomic E-state index is 0.160. The van der Waals surface area contributed by atoms with E-state index >= 15 is 0 Å². The Kier molecular flexibility index (Phi) is 3.78. The van der Waals surface area contributed by atoms with E-state index in [-0.39, 0.29) is 6.54 Å². The molecule has 0 aromatic heterocycles. The van der Waals surface area contributed by atoms with Gasteiger partial charge in [-0.05, 0) is 44.0 Å². The van der Waals surface area contributed by atoms with Crippen LogP contribution in [0.3, 0.4) is 0 Å². The molecule has 1 amide bonds. The van der Waals surface area contributed by atoms with Crippen molar-refractivity contribution < 1.29 is 24.6 Å². The molecule has 0 radical (unpaired) electrons. The molecular formula is C14H18N2O5. The van der Waals surface area contributed by atoms with Gasteiger partial charge < -0.3 is 9.84 Å². The van der Waals surface area contributed by atoms with E-state index in [1.807, 2.05) is 5.48 Å². The van der Waals surface area contributed by atoms with Gasteiger partial charge in [0.1, 0.15) is 5.60 Å². The Morgan fingerprint density at radius 1 is 1.38 bits per heavy atom. The number of nitrogens with zero attached hydrogens (tertiary/aromatic N) is 1. The molecule has 1 atom stereocenters. The van der Waals surface area contributed by atoms with Gasteiger partial charge in [-0.15, -0.1) is 0 Å². The van der Waals surface area contributed by atoms with Crippen molar-refractivity contribution >= 4 is 17.7 Å². The van der Waals surface area contributed by atoms with Crippen LogP contribution in [0, 0.1) is 0 Å². The van der Waals surface area contributed by atoms with Crippen LogP contribution in [0.5, 0.6) is 0 Å². The zero-order chi connectivity index (χ0) is 15.8. The van der Waals surface area contributed by atoms with Crippen LogP contribution in [0.4, 0.5) is 10.5 Å². The molecule has 1 aromatic carbocycles. The largest absolute Gasteiger partial charge is 0.479 e. The fourth-order valence-corrected chi connectivity index (χ4v) is 2.26. The van der Waals surface area contributed by atoms with Gasteiger partial charge in [-0.2, -0.15) is 0 Å². The summed E-state index contributed by atoms with van der Waals surface area (Å²) in [4.78, 5) is 24.9. The highest BCUT2D eigenvalue weighted by atomic mass is 16.6. The molecule has 2 rings (SSSR count). The predicted molar refractivity (Wildman–Crippen MR) is 74.0 cm³/mol. The van der Waals surface area contributed by atoms with E-state index in [1.165, 1.54) is 11.0 Å². The highest BCUT2D eigenvalue weighted by Gasteiger charge is 2.40. The summed E-state index contributed by atoms with van der Waals surface area (Å²) in [6, 6.07) is 3.67. The monoisotopic (exact) mass is 294 g/mol. The molecule has 21 heavy (non-hydrogen) atoms. The summed E-state index contributed by atoms with van der Waals surface area (Å²) >= 11 is 0. The molecule has 0 saturated heterocycles. The van der Waals surface area contributed by atoms with Crippen LogP contribution in [-0.2, 0) is 16.1 Å². The Morgan fingerprint density at radius 2 is 2.05 bits per heavy atom. The average molecular weight is 294 g/mol. The standard InChI is InChI=1S/C14H18N2O5/c1-14(2,3)21-13(19)16-7-8-4-5-9(15-20)6-10(8)11(16)12(17)18/h4-6,11,15,20H,7H2,1-3H3,(H,17,18)/t11-/m0/s1. The van der Waals surface area contributed by atoms with Crippen molar-refractivity contribution in [3.8, 4) is 0 Å². The third-order valence-corrected chi connectivity index (χ3v) is 3.08. The highest BCUT2D eigenvalue weighted by Crippen LogP contribution is 2.36. The lowest BCUT2D eigenvalue weighted by atomic mass is 10.0. The van der Waals surface area contributed by atoms with Crippen LogP contribution in [0.1, 0.15) is 37.9 Å². The summed E-state index contributed by atoms with van der Waals surface area (Å²) < 4.78 is 5.25. The van der Waals surface area contributed by atoms with Crippen LogP contribution in [0.15, 0.2) is 18.2 Å². The number of carbonyl (C=O) groups is 2. The first-order valence-corrected chi connectivity index (χ1v) is 6.48. The Balaban J connectivity index is 2.34. The van der Waals surface area contributed by atoms with Gasteiger partial charge in [0.05, 0.1) is 12.2 Å². The van der Waals surface area contributed by atoms with Gasteiger partial charge in [-0.1, -0.05) is 6.07 Å². The molecule has 0 saturated carbocycles. The fraction of sp³-hybridized carbons (Fsp3) is 0.429. The summed E-state index contributed by atoms with van der Waals surface area (Å²) in [5.74, 6) is -1.14. The van der Waals surface area contributed by atoms with Crippen molar-refractivity contribution in [2.45, 2.75) is 39.0 Å². The molecule has 0 aliphatic carbocycles. The molecule has 0 spiro atoms. The summed E-state index contributed by atoms with van der Waals surface area (Å²) in [5.41, 5.74) is 2.82. The smallest absolute Gasteiger partial charge is 0.411 e. The number of nitrogens with one attached hydrogen (secondary N) is 1. The molecule has 1 heterocycles. The molecule has 7 nitrogen and oxygen atoms in total. The quantitative estimate of drug-likeness (QED) is 0.724. The van der Waals surface area contributed by atoms with Crippen molar-refractivity contribution in [3.05, 3.63) is 29.3 Å². The van der Waals surface area contributed by atoms with Crippen LogP contribution in [0.2, 0.25) is 0 Å². The number of ether oxygens (including phenoxy) is 1. The number of fused-ring (bicyclic) bond motifs is 1. The minimum atomic E-state index is -1.14. The van der Waals surface area contributed by atoms with Crippen LogP contribution in [0.25, 0.3) is 0 Å². The second-order valence-corrected chi connectivity index (χ2v) is 5.87. The van der Waals surface area contributed by atoms with Gasteiger partial charge in [-0.3, -0.25) is 15.6 Å². The summed E-state index contributed by atoms with van der Waals surface area (Å²) in [6.07, 6.45) is -0.676. The Bertz CT molecular complexity index is 579. The topological polar surface area (TPSA) is 99.1 Å². The maximum atomic E-state index is 12.2. The second-order valence-electron chi connectivity index (χ2n) is 5.87. The maximum absolute atomic E-state index is 12.2.